The van der Waals surface area contributed by atoms with Gasteiger partial charge in [0.05, 0.1) is 5.25 Å². The average Bonchev–Trinajstić information content (AvgIpc) is 2.28. The molecule has 2 aromatic carbocycles. The van der Waals surface area contributed by atoms with Gasteiger partial charge in [-0.05, 0) is 29.7 Å². The molecule has 3 nitrogen and oxygen atoms in total. The van der Waals surface area contributed by atoms with Gasteiger partial charge in [0.1, 0.15) is 0 Å². The standard InChI is InChI=1S/C13H15NO2S/c1-10(17(14,15)16)9-12-7-4-6-11-5-2-3-8-13(11)12/h2-8,10H,9H2,1H3,(H2,14,15,16). The molecule has 0 amide bonds. The topological polar surface area (TPSA) is 60.2 Å². The van der Waals surface area contributed by atoms with Crippen molar-refractivity contribution in [2.75, 3.05) is 0 Å². The maximum absolute atomic E-state index is 11.2. The fraction of sp³-hybridized carbons (Fsp3) is 0.231. The Bertz CT molecular complexity index is 629. The Kier molecular flexibility index (Phi) is 3.17. The van der Waals surface area contributed by atoms with E-state index >= 15 is 0 Å². The van der Waals surface area contributed by atoms with Gasteiger partial charge in [0.25, 0.3) is 0 Å². The van der Waals surface area contributed by atoms with Crippen LogP contribution in [0.3, 0.4) is 0 Å². The monoisotopic (exact) mass is 249 g/mol. The molecule has 2 aromatic rings. The minimum absolute atomic E-state index is 0.445. The molecular weight excluding hydrogens is 234 g/mol. The van der Waals surface area contributed by atoms with Crippen molar-refractivity contribution in [1.82, 2.24) is 0 Å². The highest BCUT2D eigenvalue weighted by Crippen LogP contribution is 2.20. The Morgan fingerprint density at radius 1 is 1.12 bits per heavy atom. The lowest BCUT2D eigenvalue weighted by Gasteiger charge is -2.11. The number of fused-ring (bicyclic) bond motifs is 1. The summed E-state index contributed by atoms with van der Waals surface area (Å²) in [6.07, 6.45) is 0.445. The number of nitrogens with two attached hydrogens (primary N) is 1. The number of primary sulfonamides is 1. The SMILES string of the molecule is CC(Cc1cccc2ccccc12)S(N)(=O)=O. The van der Waals surface area contributed by atoms with Crippen molar-refractivity contribution in [1.29, 1.82) is 0 Å². The Morgan fingerprint density at radius 3 is 2.47 bits per heavy atom. The second-order valence-corrected chi connectivity index (χ2v) is 6.22. The average molecular weight is 249 g/mol. The lowest BCUT2D eigenvalue weighted by Crippen LogP contribution is -2.27. The fourth-order valence-electron chi connectivity index (χ4n) is 1.90. The van der Waals surface area contributed by atoms with Gasteiger partial charge in [0.2, 0.25) is 10.0 Å². The van der Waals surface area contributed by atoms with Crippen molar-refractivity contribution in [3.63, 3.8) is 0 Å². The van der Waals surface area contributed by atoms with Crippen molar-refractivity contribution in [2.45, 2.75) is 18.6 Å². The molecule has 17 heavy (non-hydrogen) atoms. The molecule has 0 radical (unpaired) electrons. The normalized spacial score (nSPS) is 13.8. The number of hydrogen-bond acceptors (Lipinski definition) is 2. The highest BCUT2D eigenvalue weighted by atomic mass is 32.2. The van der Waals surface area contributed by atoms with E-state index in [4.69, 9.17) is 5.14 Å². The van der Waals surface area contributed by atoms with Crippen LogP contribution in [0, 0.1) is 0 Å². The second-order valence-electron chi connectivity index (χ2n) is 4.24. The molecule has 0 heterocycles. The largest absolute Gasteiger partial charge is 0.228 e. The lowest BCUT2D eigenvalue weighted by molar-refractivity contribution is 0.584. The van der Waals surface area contributed by atoms with E-state index in [2.05, 4.69) is 0 Å². The van der Waals surface area contributed by atoms with Crippen LogP contribution in [-0.4, -0.2) is 13.7 Å². The molecule has 1 unspecified atom stereocenters. The van der Waals surface area contributed by atoms with Gasteiger partial charge in [0, 0.05) is 0 Å². The summed E-state index contributed by atoms with van der Waals surface area (Å²) >= 11 is 0. The van der Waals surface area contributed by atoms with Gasteiger partial charge in [-0.1, -0.05) is 42.5 Å². The fourth-order valence-corrected chi connectivity index (χ4v) is 2.31. The van der Waals surface area contributed by atoms with E-state index in [0.29, 0.717) is 6.42 Å². The highest BCUT2D eigenvalue weighted by molar-refractivity contribution is 7.89. The van der Waals surface area contributed by atoms with Crippen LogP contribution in [-0.2, 0) is 16.4 Å². The van der Waals surface area contributed by atoms with E-state index in [-0.39, 0.29) is 0 Å². The van der Waals surface area contributed by atoms with Crippen LogP contribution in [0.1, 0.15) is 12.5 Å². The molecule has 0 aromatic heterocycles. The number of rotatable bonds is 3. The van der Waals surface area contributed by atoms with E-state index in [9.17, 15) is 8.42 Å². The highest BCUT2D eigenvalue weighted by Gasteiger charge is 2.16. The Morgan fingerprint density at radius 2 is 1.76 bits per heavy atom. The van der Waals surface area contributed by atoms with E-state index in [1.54, 1.807) is 6.92 Å². The Balaban J connectivity index is 2.43. The summed E-state index contributed by atoms with van der Waals surface area (Å²) in [6, 6.07) is 13.8. The summed E-state index contributed by atoms with van der Waals surface area (Å²) in [4.78, 5) is 0. The lowest BCUT2D eigenvalue weighted by atomic mass is 10.0. The first-order chi connectivity index (χ1) is 7.98. The molecular formula is C13H15NO2S. The van der Waals surface area contributed by atoms with E-state index in [1.165, 1.54) is 0 Å². The smallest absolute Gasteiger partial charge is 0.212 e. The first kappa shape index (κ1) is 12.1. The van der Waals surface area contributed by atoms with E-state index in [0.717, 1.165) is 16.3 Å². The first-order valence-electron chi connectivity index (χ1n) is 5.47. The van der Waals surface area contributed by atoms with Crippen LogP contribution in [0.5, 0.6) is 0 Å². The van der Waals surface area contributed by atoms with Crippen molar-refractivity contribution in [3.8, 4) is 0 Å². The molecule has 0 bridgehead atoms. The Labute approximate surface area is 101 Å². The maximum atomic E-state index is 11.2. The van der Waals surface area contributed by atoms with Gasteiger partial charge in [-0.15, -0.1) is 0 Å². The van der Waals surface area contributed by atoms with Crippen LogP contribution >= 0.6 is 0 Å². The summed E-state index contributed by atoms with van der Waals surface area (Å²) < 4.78 is 22.5. The summed E-state index contributed by atoms with van der Waals surface area (Å²) in [5.41, 5.74) is 1.02. The third-order valence-electron chi connectivity index (χ3n) is 2.95. The predicted molar refractivity (Wildman–Crippen MR) is 70.2 cm³/mol. The van der Waals surface area contributed by atoms with Crippen LogP contribution < -0.4 is 5.14 Å². The molecule has 2 rings (SSSR count). The zero-order valence-electron chi connectivity index (χ0n) is 9.63. The van der Waals surface area contributed by atoms with Crippen LogP contribution in [0.2, 0.25) is 0 Å². The van der Waals surface area contributed by atoms with Crippen LogP contribution in [0.4, 0.5) is 0 Å². The van der Waals surface area contributed by atoms with Gasteiger partial charge in [-0.3, -0.25) is 0 Å². The third kappa shape index (κ3) is 2.65. The molecule has 0 fully saturated rings. The molecule has 2 N–H and O–H groups in total. The Hall–Kier alpha value is -1.39. The number of hydrogen-bond donors (Lipinski definition) is 1. The molecule has 0 saturated carbocycles. The molecule has 1 atom stereocenters. The molecule has 0 aliphatic rings. The van der Waals surface area contributed by atoms with E-state index in [1.807, 2.05) is 42.5 Å². The van der Waals surface area contributed by atoms with Gasteiger partial charge in [-0.25, -0.2) is 13.6 Å². The quantitative estimate of drug-likeness (QED) is 0.905. The van der Waals surface area contributed by atoms with Gasteiger partial charge in [0.15, 0.2) is 0 Å². The van der Waals surface area contributed by atoms with Crippen molar-refractivity contribution < 1.29 is 8.42 Å². The zero-order chi connectivity index (χ0) is 12.5. The minimum atomic E-state index is -3.47. The molecule has 4 heteroatoms. The predicted octanol–water partition coefficient (Wildman–Crippen LogP) is 2.06. The second kappa shape index (κ2) is 4.47. The summed E-state index contributed by atoms with van der Waals surface area (Å²) in [5.74, 6) is 0. The maximum Gasteiger partial charge on any atom is 0.212 e. The molecule has 0 saturated heterocycles. The third-order valence-corrected chi connectivity index (χ3v) is 4.24. The number of benzene rings is 2. The minimum Gasteiger partial charge on any atom is -0.228 e. The van der Waals surface area contributed by atoms with Gasteiger partial charge >= 0.3 is 0 Å². The van der Waals surface area contributed by atoms with Gasteiger partial charge in [-0.2, -0.15) is 0 Å². The molecule has 0 spiro atoms. The van der Waals surface area contributed by atoms with E-state index < -0.39 is 15.3 Å². The first-order valence-corrected chi connectivity index (χ1v) is 7.07. The van der Waals surface area contributed by atoms with Crippen molar-refractivity contribution in [3.05, 3.63) is 48.0 Å². The summed E-state index contributed by atoms with van der Waals surface area (Å²) in [5, 5.41) is 6.79. The van der Waals surface area contributed by atoms with Crippen molar-refractivity contribution in [2.24, 2.45) is 5.14 Å². The molecule has 0 aliphatic heterocycles. The van der Waals surface area contributed by atoms with Crippen molar-refractivity contribution >= 4 is 20.8 Å². The number of sulfonamides is 1. The molecule has 0 aliphatic carbocycles. The van der Waals surface area contributed by atoms with Crippen LogP contribution in [0.15, 0.2) is 42.5 Å². The van der Waals surface area contributed by atoms with Gasteiger partial charge < -0.3 is 0 Å². The molecule has 90 valence electrons. The summed E-state index contributed by atoms with van der Waals surface area (Å²) in [6.45, 7) is 1.64. The van der Waals surface area contributed by atoms with Crippen LogP contribution in [0.25, 0.3) is 10.8 Å². The zero-order valence-corrected chi connectivity index (χ0v) is 10.4. The summed E-state index contributed by atoms with van der Waals surface area (Å²) in [7, 11) is -3.47.